The minimum Gasteiger partial charge on any atom is -0.479 e. The quantitative estimate of drug-likeness (QED) is 0.720. The Kier molecular flexibility index (Phi) is 2.78. The van der Waals surface area contributed by atoms with E-state index >= 15 is 0 Å². The number of aryl methyl sites for hydroxylation is 1. The lowest BCUT2D eigenvalue weighted by Crippen LogP contribution is -2.21. The molecule has 1 unspecified atom stereocenters. The maximum atomic E-state index is 10.3. The molecule has 0 spiro atoms. The van der Waals surface area contributed by atoms with Gasteiger partial charge in [0, 0.05) is 11.3 Å². The largest absolute Gasteiger partial charge is 0.479 e. The molecule has 1 heterocycles. The third kappa shape index (κ3) is 2.02. The molecular weight excluding hydrogens is 178 g/mol. The first-order valence-electron chi connectivity index (χ1n) is 3.41. The molecule has 1 atom stereocenters. The van der Waals surface area contributed by atoms with Crippen molar-refractivity contribution in [3.63, 3.8) is 0 Å². The van der Waals surface area contributed by atoms with Crippen molar-refractivity contribution in [2.75, 3.05) is 0 Å². The van der Waals surface area contributed by atoms with Crippen molar-refractivity contribution in [2.24, 2.45) is 0 Å². The number of nitrogens with zero attached hydrogens (tertiary/aromatic N) is 1. The molecule has 0 aliphatic rings. The molecule has 0 radical (unpaired) electrons. The zero-order chi connectivity index (χ0) is 9.14. The number of rotatable bonds is 3. The maximum absolute atomic E-state index is 10.3. The number of thiazole rings is 1. The van der Waals surface area contributed by atoms with Crippen LogP contribution in [-0.4, -0.2) is 27.3 Å². The second kappa shape index (κ2) is 3.64. The van der Waals surface area contributed by atoms with Crippen LogP contribution in [0.25, 0.3) is 0 Å². The standard InChI is InChI=1S/C7H9NO3S/c1-4-6(12-3-8-4)2-5(9)7(10)11/h3,5,9H,2H2,1H3,(H,10,11). The summed E-state index contributed by atoms with van der Waals surface area (Å²) in [7, 11) is 0. The summed E-state index contributed by atoms with van der Waals surface area (Å²) in [5.74, 6) is -1.19. The van der Waals surface area contributed by atoms with Gasteiger partial charge in [-0.05, 0) is 6.92 Å². The first-order valence-corrected chi connectivity index (χ1v) is 4.29. The van der Waals surface area contributed by atoms with Crippen LogP contribution in [0.15, 0.2) is 5.51 Å². The molecule has 0 bridgehead atoms. The van der Waals surface area contributed by atoms with Gasteiger partial charge in [0.25, 0.3) is 0 Å². The van der Waals surface area contributed by atoms with Gasteiger partial charge in [-0.2, -0.15) is 0 Å². The van der Waals surface area contributed by atoms with Gasteiger partial charge in [-0.15, -0.1) is 11.3 Å². The van der Waals surface area contributed by atoms with E-state index in [2.05, 4.69) is 4.98 Å². The number of carboxylic acids is 1. The van der Waals surface area contributed by atoms with Gasteiger partial charge in [0.05, 0.1) is 11.2 Å². The molecule has 1 rings (SSSR count). The molecule has 66 valence electrons. The van der Waals surface area contributed by atoms with Crippen LogP contribution in [0.4, 0.5) is 0 Å². The highest BCUT2D eigenvalue weighted by Crippen LogP contribution is 2.14. The van der Waals surface area contributed by atoms with Crippen LogP contribution in [0, 0.1) is 6.92 Å². The third-order valence-electron chi connectivity index (χ3n) is 1.51. The van der Waals surface area contributed by atoms with Crippen molar-refractivity contribution in [3.8, 4) is 0 Å². The number of hydrogen-bond donors (Lipinski definition) is 2. The first-order chi connectivity index (χ1) is 5.61. The predicted molar refractivity (Wildman–Crippen MR) is 44.2 cm³/mol. The van der Waals surface area contributed by atoms with Crippen molar-refractivity contribution in [2.45, 2.75) is 19.4 Å². The number of carbonyl (C=O) groups is 1. The summed E-state index contributed by atoms with van der Waals surface area (Å²) >= 11 is 1.36. The molecule has 0 aromatic carbocycles. The van der Waals surface area contributed by atoms with Crippen LogP contribution >= 0.6 is 11.3 Å². The molecule has 0 aliphatic heterocycles. The maximum Gasteiger partial charge on any atom is 0.332 e. The van der Waals surface area contributed by atoms with Crippen LogP contribution < -0.4 is 0 Å². The summed E-state index contributed by atoms with van der Waals surface area (Å²) in [5, 5.41) is 17.4. The number of aliphatic hydroxyl groups is 1. The summed E-state index contributed by atoms with van der Waals surface area (Å²) in [6, 6.07) is 0. The molecule has 0 saturated carbocycles. The Bertz CT molecular complexity index is 284. The molecule has 4 nitrogen and oxygen atoms in total. The van der Waals surface area contributed by atoms with Crippen LogP contribution in [0.2, 0.25) is 0 Å². The third-order valence-corrected chi connectivity index (χ3v) is 2.47. The van der Waals surface area contributed by atoms with Gasteiger partial charge in [0.2, 0.25) is 0 Å². The van der Waals surface area contributed by atoms with E-state index in [1.54, 1.807) is 12.4 Å². The van der Waals surface area contributed by atoms with Crippen molar-refractivity contribution in [1.29, 1.82) is 0 Å². The lowest BCUT2D eigenvalue weighted by atomic mass is 10.2. The normalized spacial score (nSPS) is 12.8. The zero-order valence-electron chi connectivity index (χ0n) is 6.52. The molecule has 1 aromatic rings. The second-order valence-corrected chi connectivity index (χ2v) is 3.36. The van der Waals surface area contributed by atoms with Gasteiger partial charge in [-0.1, -0.05) is 0 Å². The van der Waals surface area contributed by atoms with Crippen LogP contribution in [0.1, 0.15) is 10.6 Å². The predicted octanol–water partition coefficient (Wildman–Crippen LogP) is 0.440. The Morgan fingerprint density at radius 2 is 2.50 bits per heavy atom. The first kappa shape index (κ1) is 9.15. The van der Waals surface area contributed by atoms with E-state index < -0.39 is 12.1 Å². The van der Waals surface area contributed by atoms with Gasteiger partial charge in [0.1, 0.15) is 0 Å². The number of aromatic nitrogens is 1. The number of carboxylic acid groups (broad SMARTS) is 1. The van der Waals surface area contributed by atoms with Crippen LogP contribution in [0.5, 0.6) is 0 Å². The van der Waals surface area contributed by atoms with E-state index in [0.29, 0.717) is 0 Å². The molecule has 0 amide bonds. The minimum absolute atomic E-state index is 0.145. The summed E-state index contributed by atoms with van der Waals surface area (Å²) in [5.41, 5.74) is 2.43. The molecular formula is C7H9NO3S. The fourth-order valence-corrected chi connectivity index (χ4v) is 1.60. The van der Waals surface area contributed by atoms with Crippen molar-refractivity contribution in [3.05, 3.63) is 16.1 Å². The van der Waals surface area contributed by atoms with E-state index in [-0.39, 0.29) is 6.42 Å². The Balaban J connectivity index is 2.64. The summed E-state index contributed by atoms with van der Waals surface area (Å²) in [4.78, 5) is 15.0. The Morgan fingerprint density at radius 3 is 2.92 bits per heavy atom. The average molecular weight is 187 g/mol. The van der Waals surface area contributed by atoms with Gasteiger partial charge in [-0.25, -0.2) is 9.78 Å². The number of aliphatic hydroxyl groups excluding tert-OH is 1. The highest BCUT2D eigenvalue weighted by atomic mass is 32.1. The van der Waals surface area contributed by atoms with Gasteiger partial charge >= 0.3 is 5.97 Å². The highest BCUT2D eigenvalue weighted by molar-refractivity contribution is 7.09. The van der Waals surface area contributed by atoms with Crippen molar-refractivity contribution >= 4 is 17.3 Å². The Labute approximate surface area is 73.5 Å². The molecule has 1 aromatic heterocycles. The van der Waals surface area contributed by atoms with Gasteiger partial charge in [0.15, 0.2) is 6.10 Å². The molecule has 0 saturated heterocycles. The summed E-state index contributed by atoms with van der Waals surface area (Å²) in [6.45, 7) is 1.79. The fourth-order valence-electron chi connectivity index (χ4n) is 0.785. The van der Waals surface area contributed by atoms with Crippen LogP contribution in [0.3, 0.4) is 0 Å². The van der Waals surface area contributed by atoms with E-state index in [0.717, 1.165) is 10.6 Å². The Morgan fingerprint density at radius 1 is 1.83 bits per heavy atom. The summed E-state index contributed by atoms with van der Waals surface area (Å²) < 4.78 is 0. The molecule has 12 heavy (non-hydrogen) atoms. The van der Waals surface area contributed by atoms with E-state index in [1.165, 1.54) is 11.3 Å². The molecule has 5 heteroatoms. The van der Waals surface area contributed by atoms with Crippen molar-refractivity contribution in [1.82, 2.24) is 4.98 Å². The lowest BCUT2D eigenvalue weighted by Gasteiger charge is -2.02. The monoisotopic (exact) mass is 187 g/mol. The topological polar surface area (TPSA) is 70.4 Å². The average Bonchev–Trinajstić information content (AvgIpc) is 2.36. The smallest absolute Gasteiger partial charge is 0.332 e. The van der Waals surface area contributed by atoms with E-state index in [4.69, 9.17) is 10.2 Å². The molecule has 0 fully saturated rings. The van der Waals surface area contributed by atoms with Crippen LogP contribution in [-0.2, 0) is 11.2 Å². The number of aliphatic carboxylic acids is 1. The van der Waals surface area contributed by atoms with Gasteiger partial charge in [-0.3, -0.25) is 0 Å². The van der Waals surface area contributed by atoms with Gasteiger partial charge < -0.3 is 10.2 Å². The minimum atomic E-state index is -1.32. The highest BCUT2D eigenvalue weighted by Gasteiger charge is 2.15. The lowest BCUT2D eigenvalue weighted by molar-refractivity contribution is -0.146. The van der Waals surface area contributed by atoms with E-state index in [1.807, 2.05) is 0 Å². The second-order valence-electron chi connectivity index (χ2n) is 2.42. The van der Waals surface area contributed by atoms with E-state index in [9.17, 15) is 4.79 Å². The molecule has 0 aliphatic carbocycles. The summed E-state index contributed by atoms with van der Waals surface area (Å²) in [6.07, 6.45) is -1.17. The zero-order valence-corrected chi connectivity index (χ0v) is 7.34. The fraction of sp³-hybridized carbons (Fsp3) is 0.429. The Hall–Kier alpha value is -0.940. The SMILES string of the molecule is Cc1ncsc1CC(O)C(=O)O. The number of hydrogen-bond acceptors (Lipinski definition) is 4. The molecule has 2 N–H and O–H groups in total. The van der Waals surface area contributed by atoms with Crippen molar-refractivity contribution < 1.29 is 15.0 Å².